The van der Waals surface area contributed by atoms with Crippen LogP contribution < -0.4 is 11.1 Å². The van der Waals surface area contributed by atoms with Crippen LogP contribution in [0, 0.1) is 5.92 Å². The van der Waals surface area contributed by atoms with Gasteiger partial charge < -0.3 is 35.3 Å². The predicted octanol–water partition coefficient (Wildman–Crippen LogP) is 2.35. The number of fused-ring (bicyclic) bond motifs is 1. The first-order valence-electron chi connectivity index (χ1n) is 14.2. The molecule has 2 aromatic carbocycles. The Kier molecular flexibility index (Phi) is 8.72. The number of carbonyl (C=O) groups is 3. The van der Waals surface area contributed by atoms with Gasteiger partial charge in [0, 0.05) is 49.1 Å². The van der Waals surface area contributed by atoms with Crippen LogP contribution in [-0.4, -0.2) is 83.7 Å². The number of para-hydroxylation sites is 1. The molecule has 4 N–H and O–H groups in total. The van der Waals surface area contributed by atoms with Crippen LogP contribution in [0.25, 0.3) is 10.9 Å². The molecule has 5 rings (SSSR count). The van der Waals surface area contributed by atoms with Gasteiger partial charge in [0.2, 0.25) is 17.7 Å². The van der Waals surface area contributed by atoms with E-state index >= 15 is 0 Å². The van der Waals surface area contributed by atoms with E-state index in [9.17, 15) is 14.4 Å². The second kappa shape index (κ2) is 12.4. The number of likely N-dealkylation sites (tertiary alicyclic amines) is 1. The van der Waals surface area contributed by atoms with Gasteiger partial charge in [-0.25, -0.2) is 0 Å². The number of likely N-dealkylation sites (N-methyl/N-ethyl adjacent to an activating group) is 1. The molecule has 1 aromatic heterocycles. The number of benzene rings is 2. The number of nitrogens with two attached hydrogens (primary N) is 1. The van der Waals surface area contributed by atoms with Crippen LogP contribution >= 0.6 is 0 Å². The smallest absolute Gasteiger partial charge is 0.245 e. The summed E-state index contributed by atoms with van der Waals surface area (Å²) < 4.78 is 11.3. The van der Waals surface area contributed by atoms with Gasteiger partial charge >= 0.3 is 0 Å². The van der Waals surface area contributed by atoms with Crippen LogP contribution in [0.15, 0.2) is 60.8 Å². The van der Waals surface area contributed by atoms with Gasteiger partial charge in [-0.2, -0.15) is 0 Å². The SMILES string of the molecule is C[C@H](c1c[nH]c2ccccc12)[C@@H](NC(=O)C1CC(=O)N(Cc2ccccc2)[C@@H]1C)C(=O)N(C)CC1OCC(N)CO1. The zero-order valence-electron chi connectivity index (χ0n) is 23.8. The van der Waals surface area contributed by atoms with Crippen molar-refractivity contribution >= 4 is 28.6 Å². The zero-order chi connectivity index (χ0) is 29.1. The van der Waals surface area contributed by atoms with Crippen molar-refractivity contribution in [2.75, 3.05) is 26.8 Å². The quantitative estimate of drug-likeness (QED) is 0.368. The van der Waals surface area contributed by atoms with Crippen molar-refractivity contribution < 1.29 is 23.9 Å². The average molecular weight is 562 g/mol. The molecule has 2 aliphatic heterocycles. The number of hydrogen-bond donors (Lipinski definition) is 3. The van der Waals surface area contributed by atoms with E-state index in [4.69, 9.17) is 15.2 Å². The molecule has 2 fully saturated rings. The summed E-state index contributed by atoms with van der Waals surface area (Å²) in [4.78, 5) is 47.2. The fraction of sp³-hybridized carbons (Fsp3) is 0.452. The Hall–Kier alpha value is -3.73. The Morgan fingerprint density at radius 2 is 1.80 bits per heavy atom. The Morgan fingerprint density at radius 3 is 2.54 bits per heavy atom. The second-order valence-corrected chi connectivity index (χ2v) is 11.2. The molecule has 3 aromatic rings. The molecule has 2 aliphatic rings. The first-order chi connectivity index (χ1) is 19.7. The number of hydrogen-bond acceptors (Lipinski definition) is 6. The standard InChI is InChI=1S/C31H39N5O5/c1-19(25-14-33-26-12-8-7-11-23(25)26)29(31(39)35(3)16-28-40-17-22(32)18-41-28)34-30(38)24-13-27(37)36(20(24)2)15-21-9-5-4-6-10-21/h4-12,14,19-20,22,24,28-29,33H,13,15-18,32H2,1-3H3,(H,34,38)/t19-,20-,22?,24?,28?,29-/m1/s1. The van der Waals surface area contributed by atoms with Gasteiger partial charge in [-0.05, 0) is 24.1 Å². The number of aromatic amines is 1. The average Bonchev–Trinajstić information content (AvgIpc) is 3.53. The molecule has 10 nitrogen and oxygen atoms in total. The monoisotopic (exact) mass is 561 g/mol. The number of nitrogens with one attached hydrogen (secondary N) is 2. The summed E-state index contributed by atoms with van der Waals surface area (Å²) in [6, 6.07) is 16.2. The van der Waals surface area contributed by atoms with Crippen molar-refractivity contribution in [2.24, 2.45) is 11.7 Å². The van der Waals surface area contributed by atoms with E-state index in [1.54, 1.807) is 11.9 Å². The van der Waals surface area contributed by atoms with Crippen molar-refractivity contribution in [1.82, 2.24) is 20.1 Å². The minimum Gasteiger partial charge on any atom is -0.361 e. The third-order valence-electron chi connectivity index (χ3n) is 8.29. The molecule has 1 unspecified atom stereocenters. The molecule has 2 saturated heterocycles. The Bertz CT molecular complexity index is 1370. The summed E-state index contributed by atoms with van der Waals surface area (Å²) in [5.41, 5.74) is 8.73. The van der Waals surface area contributed by atoms with Gasteiger partial charge in [-0.1, -0.05) is 55.5 Å². The van der Waals surface area contributed by atoms with E-state index in [0.717, 1.165) is 22.0 Å². The predicted molar refractivity (Wildman–Crippen MR) is 155 cm³/mol. The van der Waals surface area contributed by atoms with E-state index in [1.807, 2.05) is 74.6 Å². The summed E-state index contributed by atoms with van der Waals surface area (Å²) >= 11 is 0. The van der Waals surface area contributed by atoms with Crippen LogP contribution in [0.2, 0.25) is 0 Å². The van der Waals surface area contributed by atoms with Crippen LogP contribution in [0.3, 0.4) is 0 Å². The van der Waals surface area contributed by atoms with Gasteiger partial charge in [-0.3, -0.25) is 14.4 Å². The first kappa shape index (κ1) is 28.8. The number of aromatic nitrogens is 1. The molecular formula is C31H39N5O5. The third kappa shape index (κ3) is 6.29. The number of rotatable bonds is 9. The lowest BCUT2D eigenvalue weighted by atomic mass is 9.90. The van der Waals surface area contributed by atoms with E-state index in [1.165, 1.54) is 4.90 Å². The summed E-state index contributed by atoms with van der Waals surface area (Å²) in [6.45, 7) is 5.17. The van der Waals surface area contributed by atoms with Crippen molar-refractivity contribution in [3.05, 3.63) is 71.9 Å². The van der Waals surface area contributed by atoms with E-state index in [2.05, 4.69) is 10.3 Å². The fourth-order valence-corrected chi connectivity index (χ4v) is 5.77. The van der Waals surface area contributed by atoms with E-state index in [0.29, 0.717) is 19.8 Å². The normalized spacial score (nSPS) is 24.3. The fourth-order valence-electron chi connectivity index (χ4n) is 5.77. The van der Waals surface area contributed by atoms with Crippen molar-refractivity contribution in [1.29, 1.82) is 0 Å². The van der Waals surface area contributed by atoms with Crippen LogP contribution in [0.4, 0.5) is 0 Å². The lowest BCUT2D eigenvalue weighted by Crippen LogP contribution is -2.54. The molecule has 0 bridgehead atoms. The van der Waals surface area contributed by atoms with Gasteiger partial charge in [0.1, 0.15) is 6.04 Å². The lowest BCUT2D eigenvalue weighted by Gasteiger charge is -2.34. The van der Waals surface area contributed by atoms with Crippen LogP contribution in [0.1, 0.15) is 37.3 Å². The van der Waals surface area contributed by atoms with E-state index in [-0.39, 0.29) is 48.7 Å². The summed E-state index contributed by atoms with van der Waals surface area (Å²) in [7, 11) is 1.67. The van der Waals surface area contributed by atoms with Gasteiger partial charge in [0.05, 0.1) is 31.7 Å². The number of nitrogens with zero attached hydrogens (tertiary/aromatic N) is 2. The molecular weight excluding hydrogens is 522 g/mol. The second-order valence-electron chi connectivity index (χ2n) is 11.2. The summed E-state index contributed by atoms with van der Waals surface area (Å²) in [6.07, 6.45) is 1.39. The highest BCUT2D eigenvalue weighted by atomic mass is 16.7. The molecule has 0 spiro atoms. The maximum Gasteiger partial charge on any atom is 0.245 e. The zero-order valence-corrected chi connectivity index (χ0v) is 23.8. The third-order valence-corrected chi connectivity index (χ3v) is 8.29. The van der Waals surface area contributed by atoms with Crippen molar-refractivity contribution in [2.45, 2.75) is 57.1 Å². The van der Waals surface area contributed by atoms with Crippen molar-refractivity contribution in [3.8, 4) is 0 Å². The van der Waals surface area contributed by atoms with Gasteiger partial charge in [-0.15, -0.1) is 0 Å². The lowest BCUT2D eigenvalue weighted by molar-refractivity contribution is -0.193. The Balaban J connectivity index is 1.35. The van der Waals surface area contributed by atoms with E-state index < -0.39 is 18.2 Å². The highest BCUT2D eigenvalue weighted by molar-refractivity contribution is 5.94. The molecule has 3 heterocycles. The summed E-state index contributed by atoms with van der Waals surface area (Å²) in [5.74, 6) is -1.59. The molecule has 3 amide bonds. The molecule has 218 valence electrons. The number of H-pyrrole nitrogens is 1. The van der Waals surface area contributed by atoms with Gasteiger partial charge in [0.25, 0.3) is 0 Å². The molecule has 0 saturated carbocycles. The van der Waals surface area contributed by atoms with Crippen molar-refractivity contribution in [3.63, 3.8) is 0 Å². The van der Waals surface area contributed by atoms with Crippen LogP contribution in [-0.2, 0) is 30.4 Å². The minimum absolute atomic E-state index is 0.0732. The molecule has 10 heteroatoms. The highest BCUT2D eigenvalue weighted by Gasteiger charge is 2.43. The number of ether oxygens (including phenoxy) is 2. The molecule has 4 atom stereocenters. The molecule has 41 heavy (non-hydrogen) atoms. The first-order valence-corrected chi connectivity index (χ1v) is 14.2. The largest absolute Gasteiger partial charge is 0.361 e. The highest BCUT2D eigenvalue weighted by Crippen LogP contribution is 2.31. The summed E-state index contributed by atoms with van der Waals surface area (Å²) in [5, 5.41) is 4.03. The number of amides is 3. The van der Waals surface area contributed by atoms with Crippen LogP contribution in [0.5, 0.6) is 0 Å². The van der Waals surface area contributed by atoms with Gasteiger partial charge in [0.15, 0.2) is 6.29 Å². The maximum absolute atomic E-state index is 13.9. The topological polar surface area (TPSA) is 130 Å². The maximum atomic E-state index is 13.9. The minimum atomic E-state index is -0.872. The Labute approximate surface area is 240 Å². The molecule has 0 radical (unpaired) electrons. The Morgan fingerprint density at radius 1 is 1.12 bits per heavy atom. The number of carbonyl (C=O) groups excluding carboxylic acids is 3. The molecule has 0 aliphatic carbocycles.